The molecule has 0 aliphatic heterocycles. The van der Waals surface area contributed by atoms with Crippen LogP contribution in [0, 0.1) is 17.1 Å². The number of allylic oxidation sites excluding steroid dienone is 1. The summed E-state index contributed by atoms with van der Waals surface area (Å²) in [5, 5.41) is 14.0. The van der Waals surface area contributed by atoms with Crippen molar-refractivity contribution in [3.05, 3.63) is 82.3 Å². The van der Waals surface area contributed by atoms with Crippen molar-refractivity contribution in [1.82, 2.24) is 10.6 Å². The summed E-state index contributed by atoms with van der Waals surface area (Å²) in [4.78, 5) is 23.4. The van der Waals surface area contributed by atoms with Crippen LogP contribution in [0.3, 0.4) is 0 Å². The Morgan fingerprint density at radius 3 is 2.36 bits per heavy atom. The van der Waals surface area contributed by atoms with Crippen molar-refractivity contribution >= 4 is 11.7 Å². The van der Waals surface area contributed by atoms with Crippen LogP contribution >= 0.6 is 0 Å². The van der Waals surface area contributed by atoms with E-state index in [1.807, 2.05) is 38.1 Å². The van der Waals surface area contributed by atoms with Crippen LogP contribution in [0.15, 0.2) is 54.2 Å². The van der Waals surface area contributed by atoms with Gasteiger partial charge in [-0.1, -0.05) is 44.2 Å². The Bertz CT molecular complexity index is 1140. The van der Waals surface area contributed by atoms with E-state index >= 15 is 0 Å². The van der Waals surface area contributed by atoms with Crippen LogP contribution in [0.5, 0.6) is 0 Å². The van der Waals surface area contributed by atoms with Crippen molar-refractivity contribution in [3.63, 3.8) is 0 Å². The van der Waals surface area contributed by atoms with E-state index in [2.05, 4.69) is 10.6 Å². The number of hydrogen-bond donors (Lipinski definition) is 2. The SMILES string of the molecule is CC/C=C(/NCc1ccccc1C(C)=O)C(=O)NCC#N.CC1(c2cc(F)cc(C(F)(F)F)c2)CC1. The molecule has 0 spiro atoms. The van der Waals surface area contributed by atoms with Crippen molar-refractivity contribution in [3.8, 4) is 6.07 Å². The minimum atomic E-state index is -4.47. The number of alkyl halides is 3. The van der Waals surface area contributed by atoms with Gasteiger partial charge in [0.2, 0.25) is 0 Å². The van der Waals surface area contributed by atoms with Crippen molar-refractivity contribution in [2.75, 3.05) is 6.54 Å². The Hall–Kier alpha value is -3.67. The number of nitrogens with one attached hydrogen (secondary N) is 2. The lowest BCUT2D eigenvalue weighted by atomic mass is 9.96. The maximum Gasteiger partial charge on any atom is 0.416 e. The lowest BCUT2D eigenvalue weighted by Crippen LogP contribution is -2.32. The van der Waals surface area contributed by atoms with Gasteiger partial charge in [0, 0.05) is 12.1 Å². The molecule has 0 heterocycles. The van der Waals surface area contributed by atoms with Crippen LogP contribution in [0.1, 0.15) is 67.1 Å². The Balaban J connectivity index is 0.000000267. The number of hydrogen-bond acceptors (Lipinski definition) is 4. The van der Waals surface area contributed by atoms with Crippen molar-refractivity contribution in [2.45, 2.75) is 58.2 Å². The fourth-order valence-electron chi connectivity index (χ4n) is 3.45. The lowest BCUT2D eigenvalue weighted by Gasteiger charge is -2.13. The highest BCUT2D eigenvalue weighted by molar-refractivity contribution is 5.95. The molecule has 0 aromatic heterocycles. The van der Waals surface area contributed by atoms with Crippen molar-refractivity contribution < 1.29 is 27.2 Å². The van der Waals surface area contributed by atoms with Crippen LogP contribution in [-0.2, 0) is 22.9 Å². The van der Waals surface area contributed by atoms with Crippen LogP contribution in [0.2, 0.25) is 0 Å². The van der Waals surface area contributed by atoms with E-state index in [0.29, 0.717) is 35.9 Å². The molecule has 192 valence electrons. The second kappa shape index (κ2) is 12.3. The van der Waals surface area contributed by atoms with E-state index in [4.69, 9.17) is 5.26 Å². The average molecular weight is 504 g/mol. The number of amides is 1. The van der Waals surface area contributed by atoms with Gasteiger partial charge in [0.15, 0.2) is 5.78 Å². The third kappa shape index (κ3) is 8.22. The summed E-state index contributed by atoms with van der Waals surface area (Å²) in [5.41, 5.74) is 1.19. The molecule has 0 bridgehead atoms. The van der Waals surface area contributed by atoms with Crippen LogP contribution in [0.4, 0.5) is 17.6 Å². The summed E-state index contributed by atoms with van der Waals surface area (Å²) in [7, 11) is 0. The average Bonchev–Trinajstić information content (AvgIpc) is 3.58. The molecule has 9 heteroatoms. The van der Waals surface area contributed by atoms with Gasteiger partial charge in [-0.3, -0.25) is 9.59 Å². The molecule has 0 unspecified atom stereocenters. The highest BCUT2D eigenvalue weighted by Crippen LogP contribution is 2.48. The molecule has 1 fully saturated rings. The summed E-state index contributed by atoms with van der Waals surface area (Å²) in [6.07, 6.45) is -0.372. The Morgan fingerprint density at radius 1 is 1.14 bits per heavy atom. The van der Waals surface area contributed by atoms with E-state index in [0.717, 1.165) is 24.5 Å². The number of nitriles is 1. The molecular formula is C27H29F4N3O2. The van der Waals surface area contributed by atoms with E-state index in [9.17, 15) is 27.2 Å². The van der Waals surface area contributed by atoms with Crippen LogP contribution in [-0.4, -0.2) is 18.2 Å². The molecule has 2 N–H and O–H groups in total. The van der Waals surface area contributed by atoms with Crippen LogP contribution < -0.4 is 10.6 Å². The van der Waals surface area contributed by atoms with Gasteiger partial charge in [-0.15, -0.1) is 0 Å². The zero-order valence-corrected chi connectivity index (χ0v) is 20.4. The standard InChI is InChI=1S/C16H19N3O2.C11H10F4/c1-3-6-15(16(21)18-10-9-17)19-11-13-7-4-5-8-14(13)12(2)20;1-10(2-3-10)7-4-8(11(13,14)15)6-9(12)5-7/h4-8,19H,3,10-11H2,1-2H3,(H,18,21);4-6H,2-3H2,1H3/b15-6+;. The Kier molecular flexibility index (Phi) is 9.79. The largest absolute Gasteiger partial charge is 0.416 e. The fraction of sp³-hybridized carbons (Fsp3) is 0.370. The topological polar surface area (TPSA) is 82.0 Å². The monoisotopic (exact) mass is 503 g/mol. The predicted molar refractivity (Wildman–Crippen MR) is 128 cm³/mol. The fourth-order valence-corrected chi connectivity index (χ4v) is 3.45. The van der Waals surface area contributed by atoms with Gasteiger partial charge in [0.25, 0.3) is 5.91 Å². The smallest absolute Gasteiger partial charge is 0.377 e. The number of benzene rings is 2. The zero-order valence-electron chi connectivity index (χ0n) is 20.4. The molecule has 0 atom stereocenters. The number of Topliss-reactive ketones (excluding diaryl/α,β-unsaturated/α-hetero) is 1. The summed E-state index contributed by atoms with van der Waals surface area (Å²) in [6.45, 7) is 5.62. The number of carbonyl (C=O) groups excluding carboxylic acids is 2. The second-order valence-corrected chi connectivity index (χ2v) is 8.72. The predicted octanol–water partition coefficient (Wildman–Crippen LogP) is 5.81. The first-order chi connectivity index (χ1) is 16.9. The number of ketones is 1. The Morgan fingerprint density at radius 2 is 1.81 bits per heavy atom. The molecule has 2 aromatic rings. The summed E-state index contributed by atoms with van der Waals surface area (Å²) in [5.74, 6) is -1.14. The zero-order chi connectivity index (χ0) is 26.9. The van der Waals surface area contributed by atoms with Gasteiger partial charge in [-0.05, 0) is 60.9 Å². The molecule has 3 rings (SSSR count). The first-order valence-corrected chi connectivity index (χ1v) is 11.5. The van der Waals surface area contributed by atoms with Crippen LogP contribution in [0.25, 0.3) is 0 Å². The molecular weight excluding hydrogens is 474 g/mol. The van der Waals surface area contributed by atoms with Gasteiger partial charge >= 0.3 is 6.18 Å². The molecule has 0 radical (unpaired) electrons. The molecule has 5 nitrogen and oxygen atoms in total. The van der Waals surface area contributed by atoms with Gasteiger partial charge in [0.1, 0.15) is 12.4 Å². The summed E-state index contributed by atoms with van der Waals surface area (Å²) >= 11 is 0. The Labute approximate surface area is 208 Å². The molecule has 1 aliphatic carbocycles. The number of rotatable bonds is 8. The van der Waals surface area contributed by atoms with Crippen molar-refractivity contribution in [2.24, 2.45) is 0 Å². The summed E-state index contributed by atoms with van der Waals surface area (Å²) in [6, 6.07) is 11.9. The highest BCUT2D eigenvalue weighted by atomic mass is 19.4. The minimum absolute atomic E-state index is 0.0117. The molecule has 1 amide bonds. The van der Waals surface area contributed by atoms with E-state index in [1.165, 1.54) is 13.0 Å². The molecule has 1 saturated carbocycles. The summed E-state index contributed by atoms with van der Waals surface area (Å²) < 4.78 is 50.2. The van der Waals surface area contributed by atoms with E-state index in [1.54, 1.807) is 12.1 Å². The third-order valence-corrected chi connectivity index (χ3v) is 5.77. The molecule has 1 aliphatic rings. The van der Waals surface area contributed by atoms with Crippen molar-refractivity contribution in [1.29, 1.82) is 5.26 Å². The number of halogens is 4. The van der Waals surface area contributed by atoms with Gasteiger partial charge < -0.3 is 10.6 Å². The molecule has 2 aromatic carbocycles. The maximum atomic E-state index is 13.0. The normalized spacial score (nSPS) is 14.1. The maximum absolute atomic E-state index is 13.0. The highest BCUT2D eigenvalue weighted by Gasteiger charge is 2.41. The van der Waals surface area contributed by atoms with E-state index in [-0.39, 0.29) is 23.7 Å². The minimum Gasteiger partial charge on any atom is -0.377 e. The molecule has 0 saturated heterocycles. The van der Waals surface area contributed by atoms with E-state index < -0.39 is 17.6 Å². The van der Waals surface area contributed by atoms with Gasteiger partial charge in [-0.25, -0.2) is 4.39 Å². The quantitative estimate of drug-likeness (QED) is 0.206. The lowest BCUT2D eigenvalue weighted by molar-refractivity contribution is -0.137. The molecule has 36 heavy (non-hydrogen) atoms. The number of nitrogens with zero attached hydrogens (tertiary/aromatic N) is 1. The van der Waals surface area contributed by atoms with Gasteiger partial charge in [0.05, 0.1) is 17.3 Å². The first-order valence-electron chi connectivity index (χ1n) is 11.5. The number of carbonyl (C=O) groups is 2. The van der Waals surface area contributed by atoms with Gasteiger partial charge in [-0.2, -0.15) is 18.4 Å². The third-order valence-electron chi connectivity index (χ3n) is 5.77. The first kappa shape index (κ1) is 28.6. The second-order valence-electron chi connectivity index (χ2n) is 8.72.